The molecule has 0 saturated heterocycles. The molecular weight excluding hydrogens is 354 g/mol. The van der Waals surface area contributed by atoms with Crippen molar-refractivity contribution in [2.24, 2.45) is 5.73 Å². The molecule has 0 aliphatic heterocycles. The normalized spacial score (nSPS) is 17.5. The van der Waals surface area contributed by atoms with Crippen molar-refractivity contribution in [3.05, 3.63) is 0 Å². The zero-order valence-electron chi connectivity index (χ0n) is 5.76. The molecular formula is C5H14Cl2N2Pt. The Labute approximate surface area is 78.8 Å². The maximum absolute atomic E-state index is 5.53. The van der Waals surface area contributed by atoms with Crippen molar-refractivity contribution in [1.29, 1.82) is 0 Å². The van der Waals surface area contributed by atoms with Crippen LogP contribution in [0, 0.1) is 0 Å². The molecule has 1 aliphatic carbocycles. The molecule has 1 aliphatic rings. The van der Waals surface area contributed by atoms with Crippen LogP contribution in [0.1, 0.15) is 25.7 Å². The van der Waals surface area contributed by atoms with E-state index in [2.05, 4.69) is 0 Å². The van der Waals surface area contributed by atoms with Crippen LogP contribution in [0.4, 0.5) is 0 Å². The predicted molar refractivity (Wildman–Crippen MR) is 43.2 cm³/mol. The van der Waals surface area contributed by atoms with Crippen LogP contribution < -0.4 is 11.9 Å². The molecule has 0 atom stereocenters. The number of hydrogen-bond donors (Lipinski definition) is 2. The van der Waals surface area contributed by atoms with E-state index in [0.29, 0.717) is 6.04 Å². The zero-order valence-corrected chi connectivity index (χ0v) is 9.55. The van der Waals surface area contributed by atoms with Gasteiger partial charge >= 0.3 is 35.3 Å². The van der Waals surface area contributed by atoms with Crippen molar-refractivity contribution in [1.82, 2.24) is 6.15 Å². The molecule has 5 N–H and O–H groups in total. The second-order valence-corrected chi connectivity index (χ2v) is 5.37. The molecule has 1 fully saturated rings. The number of halogens is 2. The Kier molecular flexibility index (Phi) is 14.0. The second kappa shape index (κ2) is 10.2. The topological polar surface area (TPSA) is 61.0 Å². The number of hydrogen-bond acceptors (Lipinski definition) is 2. The van der Waals surface area contributed by atoms with Gasteiger partial charge in [0.25, 0.3) is 0 Å². The molecule has 0 unspecified atom stereocenters. The third kappa shape index (κ3) is 9.19. The van der Waals surface area contributed by atoms with E-state index in [-0.39, 0.29) is 6.15 Å². The third-order valence-corrected chi connectivity index (χ3v) is 1.40. The summed E-state index contributed by atoms with van der Waals surface area (Å²) in [5.41, 5.74) is 5.53. The first-order valence-electron chi connectivity index (χ1n) is 2.89. The fraction of sp³-hybridized carbons (Fsp3) is 1.00. The molecule has 1 saturated carbocycles. The molecule has 0 heterocycles. The van der Waals surface area contributed by atoms with Gasteiger partial charge in [-0.3, -0.25) is 0 Å². The molecule has 0 radical (unpaired) electrons. The van der Waals surface area contributed by atoms with Crippen LogP contribution >= 0.6 is 18.8 Å². The molecule has 0 aromatic rings. The molecule has 0 spiro atoms. The van der Waals surface area contributed by atoms with Gasteiger partial charge in [0.2, 0.25) is 0 Å². The van der Waals surface area contributed by atoms with Crippen molar-refractivity contribution in [2.45, 2.75) is 31.7 Å². The average Bonchev–Trinajstić information content (AvgIpc) is 2.20. The van der Waals surface area contributed by atoms with E-state index in [1.54, 1.807) is 0 Å². The van der Waals surface area contributed by atoms with Gasteiger partial charge in [-0.25, -0.2) is 0 Å². The van der Waals surface area contributed by atoms with Gasteiger partial charge in [0.15, 0.2) is 0 Å². The van der Waals surface area contributed by atoms with Gasteiger partial charge < -0.3 is 11.9 Å². The summed E-state index contributed by atoms with van der Waals surface area (Å²) in [6, 6.07) is 0.546. The van der Waals surface area contributed by atoms with Gasteiger partial charge in [0.05, 0.1) is 0 Å². The van der Waals surface area contributed by atoms with E-state index in [4.69, 9.17) is 24.6 Å². The molecule has 0 aromatic carbocycles. The Balaban J connectivity index is 0. The van der Waals surface area contributed by atoms with Crippen molar-refractivity contribution in [3.63, 3.8) is 0 Å². The van der Waals surface area contributed by atoms with Crippen molar-refractivity contribution in [3.8, 4) is 0 Å². The fourth-order valence-electron chi connectivity index (χ4n) is 0.957. The Bertz CT molecular complexity index is 59.6. The first-order valence-corrected chi connectivity index (χ1v) is 8.52. The summed E-state index contributed by atoms with van der Waals surface area (Å²) < 4.78 is 0. The Morgan fingerprint density at radius 1 is 1.20 bits per heavy atom. The number of nitrogens with two attached hydrogens (primary N) is 1. The molecule has 5 heteroatoms. The van der Waals surface area contributed by atoms with Gasteiger partial charge in [-0.1, -0.05) is 12.8 Å². The molecule has 68 valence electrons. The van der Waals surface area contributed by atoms with Gasteiger partial charge in [0, 0.05) is 6.04 Å². The molecule has 2 nitrogen and oxygen atoms in total. The Hall–Kier alpha value is 1.19. The zero-order chi connectivity index (χ0) is 7.11. The van der Waals surface area contributed by atoms with Gasteiger partial charge in [-0.15, -0.1) is 0 Å². The first kappa shape index (κ1) is 13.8. The van der Waals surface area contributed by atoms with E-state index in [1.807, 2.05) is 0 Å². The first-order chi connectivity index (χ1) is 4.31. The molecule has 0 aromatic heterocycles. The standard InChI is InChI=1S/C5H11N.2ClH.H3N.Pt/c6-5-3-1-2-4-5;;;;/h5H,1-4,6H2;2*1H;1H3;/q;;;;+2/p-2. The molecule has 1 rings (SSSR count). The SMILES string of the molecule is N.NC1CCCC1.[Cl][Pt][Cl]. The van der Waals surface area contributed by atoms with E-state index >= 15 is 0 Å². The van der Waals surface area contributed by atoms with Crippen molar-refractivity contribution in [2.75, 3.05) is 0 Å². The van der Waals surface area contributed by atoms with Crippen LogP contribution in [0.15, 0.2) is 0 Å². The summed E-state index contributed by atoms with van der Waals surface area (Å²) in [5, 5.41) is 0. The summed E-state index contributed by atoms with van der Waals surface area (Å²) >= 11 is -0.472. The van der Waals surface area contributed by atoms with Crippen LogP contribution in [-0.2, 0) is 16.5 Å². The Morgan fingerprint density at radius 2 is 1.50 bits per heavy atom. The van der Waals surface area contributed by atoms with E-state index < -0.39 is 16.5 Å². The minimum absolute atomic E-state index is 0. The summed E-state index contributed by atoms with van der Waals surface area (Å²) in [4.78, 5) is 0. The monoisotopic (exact) mass is 367 g/mol. The average molecular weight is 368 g/mol. The summed E-state index contributed by atoms with van der Waals surface area (Å²) in [6.07, 6.45) is 5.25. The van der Waals surface area contributed by atoms with E-state index in [9.17, 15) is 0 Å². The predicted octanol–water partition coefficient (Wildman–Crippen LogP) is 2.43. The van der Waals surface area contributed by atoms with E-state index in [1.165, 1.54) is 25.7 Å². The van der Waals surface area contributed by atoms with Crippen LogP contribution in [-0.4, -0.2) is 6.04 Å². The molecule has 0 bridgehead atoms. The quantitative estimate of drug-likeness (QED) is 0.690. The number of rotatable bonds is 0. The van der Waals surface area contributed by atoms with Gasteiger partial charge in [-0.2, -0.15) is 0 Å². The minimum atomic E-state index is -0.472. The third-order valence-electron chi connectivity index (χ3n) is 1.40. The summed E-state index contributed by atoms with van der Waals surface area (Å²) in [6.45, 7) is 0. The fourth-order valence-corrected chi connectivity index (χ4v) is 0.957. The Morgan fingerprint density at radius 3 is 1.60 bits per heavy atom. The molecule has 0 amide bonds. The van der Waals surface area contributed by atoms with Crippen LogP contribution in [0.2, 0.25) is 0 Å². The molecule has 10 heavy (non-hydrogen) atoms. The van der Waals surface area contributed by atoms with Gasteiger partial charge in [-0.05, 0) is 12.8 Å². The maximum atomic E-state index is 5.53. The summed E-state index contributed by atoms with van der Waals surface area (Å²) in [7, 11) is 9.75. The van der Waals surface area contributed by atoms with Crippen molar-refractivity contribution >= 4 is 18.8 Å². The van der Waals surface area contributed by atoms with Crippen molar-refractivity contribution < 1.29 is 16.5 Å². The summed E-state index contributed by atoms with van der Waals surface area (Å²) in [5.74, 6) is 0. The van der Waals surface area contributed by atoms with Gasteiger partial charge in [0.1, 0.15) is 0 Å². The van der Waals surface area contributed by atoms with Crippen LogP contribution in [0.25, 0.3) is 0 Å². The van der Waals surface area contributed by atoms with Crippen LogP contribution in [0.5, 0.6) is 0 Å². The van der Waals surface area contributed by atoms with E-state index in [0.717, 1.165) is 0 Å². The van der Waals surface area contributed by atoms with Crippen LogP contribution in [0.3, 0.4) is 0 Å². The second-order valence-electron chi connectivity index (χ2n) is 2.09.